The normalized spacial score (nSPS) is 26.6. The summed E-state index contributed by atoms with van der Waals surface area (Å²) >= 11 is 1.35. The van der Waals surface area contributed by atoms with Crippen molar-refractivity contribution in [1.29, 1.82) is 0 Å². The van der Waals surface area contributed by atoms with Crippen molar-refractivity contribution in [2.45, 2.75) is 39.0 Å². The van der Waals surface area contributed by atoms with Crippen LogP contribution in [0.15, 0.2) is 21.7 Å². The number of fused-ring (bicyclic) bond motifs is 1. The molecule has 1 saturated carbocycles. The van der Waals surface area contributed by atoms with E-state index in [4.69, 9.17) is 0 Å². The fourth-order valence-electron chi connectivity index (χ4n) is 2.87. The highest BCUT2D eigenvalue weighted by atomic mass is 32.1. The molecule has 0 amide bonds. The number of allylic oxidation sites excluding steroid dienone is 2. The van der Waals surface area contributed by atoms with Crippen LogP contribution < -0.4 is 0 Å². The van der Waals surface area contributed by atoms with Crippen molar-refractivity contribution in [2.75, 3.05) is 0 Å². The second-order valence-electron chi connectivity index (χ2n) is 5.13. The van der Waals surface area contributed by atoms with Gasteiger partial charge in [0.1, 0.15) is 10.8 Å². The van der Waals surface area contributed by atoms with E-state index in [9.17, 15) is 9.90 Å². The predicted octanol–water partition coefficient (Wildman–Crippen LogP) is 3.34. The lowest BCUT2D eigenvalue weighted by Crippen LogP contribution is -2.21. The summed E-state index contributed by atoms with van der Waals surface area (Å²) < 4.78 is 0. The number of aliphatic hydroxyl groups is 1. The molecule has 0 aliphatic heterocycles. The van der Waals surface area contributed by atoms with E-state index in [1.54, 1.807) is 0 Å². The van der Waals surface area contributed by atoms with Crippen molar-refractivity contribution in [3.05, 3.63) is 16.5 Å². The first-order chi connectivity index (χ1) is 9.70. The topological polar surface area (TPSA) is 87.8 Å². The zero-order valence-electron chi connectivity index (χ0n) is 11.2. The van der Waals surface area contributed by atoms with E-state index in [0.29, 0.717) is 5.13 Å². The Labute approximate surface area is 120 Å². The molecule has 7 heteroatoms. The fourth-order valence-corrected chi connectivity index (χ4v) is 3.47. The molecule has 20 heavy (non-hydrogen) atoms. The highest BCUT2D eigenvalue weighted by Crippen LogP contribution is 2.43. The van der Waals surface area contributed by atoms with Gasteiger partial charge in [0, 0.05) is 11.8 Å². The van der Waals surface area contributed by atoms with Gasteiger partial charge in [-0.1, -0.05) is 31.1 Å². The van der Waals surface area contributed by atoms with E-state index in [1.807, 2.05) is 6.92 Å². The number of nitrogens with zero attached hydrogens (tertiary/aromatic N) is 4. The van der Waals surface area contributed by atoms with Crippen LogP contribution in [0.5, 0.6) is 0 Å². The van der Waals surface area contributed by atoms with E-state index in [1.165, 1.54) is 11.3 Å². The van der Waals surface area contributed by atoms with Crippen molar-refractivity contribution >= 4 is 22.3 Å². The Morgan fingerprint density at radius 3 is 2.65 bits per heavy atom. The van der Waals surface area contributed by atoms with Crippen LogP contribution in [0.4, 0.5) is 5.13 Å². The zero-order valence-corrected chi connectivity index (χ0v) is 12.1. The molecule has 6 nitrogen and oxygen atoms in total. The van der Waals surface area contributed by atoms with Gasteiger partial charge in [-0.15, -0.1) is 20.4 Å². The first-order valence-corrected chi connectivity index (χ1v) is 7.73. The largest absolute Gasteiger partial charge is 0.510 e. The fraction of sp³-hybridized carbons (Fsp3) is 0.615. The average molecular weight is 292 g/mol. The summed E-state index contributed by atoms with van der Waals surface area (Å²) in [5, 5.41) is 27.2. The third kappa shape index (κ3) is 2.26. The second kappa shape index (κ2) is 5.40. The van der Waals surface area contributed by atoms with Gasteiger partial charge in [-0.05, 0) is 19.3 Å². The molecule has 2 unspecified atom stereocenters. The molecule has 2 aliphatic carbocycles. The Kier molecular flexibility index (Phi) is 3.60. The summed E-state index contributed by atoms with van der Waals surface area (Å²) in [4.78, 5) is 12.2. The monoisotopic (exact) mass is 292 g/mol. The van der Waals surface area contributed by atoms with Crippen LogP contribution in [0, 0.1) is 11.8 Å². The predicted molar refractivity (Wildman–Crippen MR) is 73.9 cm³/mol. The third-order valence-corrected chi connectivity index (χ3v) is 4.88. The van der Waals surface area contributed by atoms with Crippen LogP contribution in [0.1, 0.15) is 37.6 Å². The van der Waals surface area contributed by atoms with Gasteiger partial charge in [-0.25, -0.2) is 0 Å². The first-order valence-electron chi connectivity index (χ1n) is 6.92. The molecule has 0 radical (unpaired) electrons. The van der Waals surface area contributed by atoms with Gasteiger partial charge in [-0.2, -0.15) is 0 Å². The minimum Gasteiger partial charge on any atom is -0.510 e. The number of carbonyl (C=O) groups is 1. The van der Waals surface area contributed by atoms with E-state index in [0.717, 1.165) is 37.1 Å². The molecule has 0 saturated heterocycles. The van der Waals surface area contributed by atoms with Gasteiger partial charge < -0.3 is 5.11 Å². The molecule has 1 N–H and O–H groups in total. The van der Waals surface area contributed by atoms with Gasteiger partial charge in [-0.3, -0.25) is 4.79 Å². The van der Waals surface area contributed by atoms with Crippen LogP contribution in [0.25, 0.3) is 0 Å². The van der Waals surface area contributed by atoms with Crippen molar-refractivity contribution < 1.29 is 9.90 Å². The molecule has 2 atom stereocenters. The Morgan fingerprint density at radius 1 is 1.25 bits per heavy atom. The van der Waals surface area contributed by atoms with Crippen LogP contribution in [0.3, 0.4) is 0 Å². The van der Waals surface area contributed by atoms with Crippen LogP contribution in [0.2, 0.25) is 0 Å². The van der Waals surface area contributed by atoms with Gasteiger partial charge in [0.25, 0.3) is 5.13 Å². The minimum atomic E-state index is -0.0988. The zero-order chi connectivity index (χ0) is 14.1. The molecule has 2 aliphatic rings. The molecular weight excluding hydrogens is 276 g/mol. The van der Waals surface area contributed by atoms with E-state index >= 15 is 0 Å². The van der Waals surface area contributed by atoms with Crippen molar-refractivity contribution in [3.63, 3.8) is 0 Å². The Hall–Kier alpha value is -1.63. The molecule has 1 fully saturated rings. The maximum absolute atomic E-state index is 12.2. The SMILES string of the molecule is CCc1nnc(N=NC2=C(O)C3CCCCC3C2=O)s1. The number of aromatic nitrogens is 2. The van der Waals surface area contributed by atoms with Crippen molar-refractivity contribution in [1.82, 2.24) is 10.2 Å². The van der Waals surface area contributed by atoms with Gasteiger partial charge in [0.2, 0.25) is 0 Å². The second-order valence-corrected chi connectivity index (χ2v) is 6.17. The number of rotatable bonds is 3. The highest BCUT2D eigenvalue weighted by molar-refractivity contribution is 7.14. The number of carbonyl (C=O) groups excluding carboxylic acids is 1. The quantitative estimate of drug-likeness (QED) is 0.865. The summed E-state index contributed by atoms with van der Waals surface area (Å²) in [6, 6.07) is 0. The summed E-state index contributed by atoms with van der Waals surface area (Å²) in [7, 11) is 0. The number of hydrogen-bond donors (Lipinski definition) is 1. The van der Waals surface area contributed by atoms with Crippen LogP contribution in [-0.4, -0.2) is 21.1 Å². The molecule has 1 heterocycles. The number of ketones is 1. The Bertz CT molecular complexity index is 593. The van der Waals surface area contributed by atoms with E-state index in [-0.39, 0.29) is 29.1 Å². The molecule has 0 spiro atoms. The maximum atomic E-state index is 12.2. The van der Waals surface area contributed by atoms with E-state index < -0.39 is 0 Å². The summed E-state index contributed by atoms with van der Waals surface area (Å²) in [6.45, 7) is 1.99. The Balaban J connectivity index is 1.82. The minimum absolute atomic E-state index is 0.0502. The smallest absolute Gasteiger partial charge is 0.251 e. The molecule has 106 valence electrons. The highest BCUT2D eigenvalue weighted by Gasteiger charge is 2.43. The molecule has 1 aromatic rings. The number of aliphatic hydroxyl groups excluding tert-OH is 1. The Morgan fingerprint density at radius 2 is 2.00 bits per heavy atom. The lowest BCUT2D eigenvalue weighted by molar-refractivity contribution is -0.120. The standard InChI is InChI=1S/C13H16N4O2S/c1-2-9-14-16-13(20-9)17-15-10-11(18)7-5-3-4-6-8(7)12(10)19/h7-8,18H,2-6H2,1H3. The molecule has 0 bridgehead atoms. The first kappa shape index (κ1) is 13.4. The number of aryl methyl sites for hydroxylation is 1. The molecule has 0 aromatic carbocycles. The lowest BCUT2D eigenvalue weighted by Gasteiger charge is -2.23. The molecule has 3 rings (SSSR count). The van der Waals surface area contributed by atoms with Crippen LogP contribution in [-0.2, 0) is 11.2 Å². The van der Waals surface area contributed by atoms with Gasteiger partial charge >= 0.3 is 0 Å². The lowest BCUT2D eigenvalue weighted by atomic mass is 9.80. The summed E-state index contributed by atoms with van der Waals surface area (Å²) in [5.74, 6) is -0.107. The third-order valence-electron chi connectivity index (χ3n) is 3.92. The van der Waals surface area contributed by atoms with Gasteiger partial charge in [0.05, 0.1) is 0 Å². The van der Waals surface area contributed by atoms with Crippen LogP contribution >= 0.6 is 11.3 Å². The maximum Gasteiger partial charge on any atom is 0.251 e. The molecule has 1 aromatic heterocycles. The van der Waals surface area contributed by atoms with Crippen molar-refractivity contribution in [2.24, 2.45) is 22.1 Å². The van der Waals surface area contributed by atoms with Crippen molar-refractivity contribution in [3.8, 4) is 0 Å². The summed E-state index contributed by atoms with van der Waals surface area (Å²) in [6.07, 6.45) is 4.59. The number of hydrogen-bond acceptors (Lipinski definition) is 7. The summed E-state index contributed by atoms with van der Waals surface area (Å²) in [5.41, 5.74) is 0.121. The molecular formula is C13H16N4O2S. The number of azo groups is 1. The number of Topliss-reactive ketones (excluding diaryl/α,β-unsaturated/α-hetero) is 1. The van der Waals surface area contributed by atoms with E-state index in [2.05, 4.69) is 20.4 Å². The van der Waals surface area contributed by atoms with Gasteiger partial charge in [0.15, 0.2) is 11.5 Å². The average Bonchev–Trinajstić information content (AvgIpc) is 3.03.